The third-order valence-electron chi connectivity index (χ3n) is 3.39. The number of phenols is 1. The van der Waals surface area contributed by atoms with Crippen molar-refractivity contribution in [2.24, 2.45) is 0 Å². The van der Waals surface area contributed by atoms with Crippen LogP contribution in [-0.2, 0) is 9.84 Å². The second-order valence-electron chi connectivity index (χ2n) is 5.13. The lowest BCUT2D eigenvalue weighted by molar-refractivity contribution is 0.262. The third-order valence-corrected chi connectivity index (χ3v) is 5.52. The molecule has 0 radical (unpaired) electrons. The van der Waals surface area contributed by atoms with Crippen LogP contribution < -0.4 is 10.6 Å². The zero-order chi connectivity index (χ0) is 17.9. The number of anilines is 2. The summed E-state index contributed by atoms with van der Waals surface area (Å²) in [7, 11) is -3.44. The normalized spacial score (nSPS) is 11.1. The fourth-order valence-electron chi connectivity index (χ4n) is 1.93. The first-order valence-corrected chi connectivity index (χ1v) is 9.16. The predicted octanol–water partition coefficient (Wildman–Crippen LogP) is 3.79. The molecule has 0 spiro atoms. The summed E-state index contributed by atoms with van der Waals surface area (Å²) in [6.45, 7) is 3.35. The molecule has 2 rings (SSSR count). The lowest BCUT2D eigenvalue weighted by Gasteiger charge is -2.11. The number of hydrogen-bond acceptors (Lipinski definition) is 4. The van der Waals surface area contributed by atoms with E-state index < -0.39 is 15.9 Å². The van der Waals surface area contributed by atoms with E-state index in [0.29, 0.717) is 10.7 Å². The maximum Gasteiger partial charge on any atom is 0.323 e. The molecule has 8 heteroatoms. The smallest absolute Gasteiger partial charge is 0.323 e. The highest BCUT2D eigenvalue weighted by molar-refractivity contribution is 7.91. The molecule has 0 heterocycles. The summed E-state index contributed by atoms with van der Waals surface area (Å²) < 4.78 is 23.8. The highest BCUT2D eigenvalue weighted by Gasteiger charge is 2.15. The average molecular weight is 369 g/mol. The lowest BCUT2D eigenvalue weighted by Crippen LogP contribution is -2.19. The molecule has 6 nitrogen and oxygen atoms in total. The van der Waals surface area contributed by atoms with E-state index in [4.69, 9.17) is 11.6 Å². The Bertz CT molecular complexity index is 882. The van der Waals surface area contributed by atoms with Crippen molar-refractivity contribution < 1.29 is 18.3 Å². The van der Waals surface area contributed by atoms with Crippen molar-refractivity contribution in [3.05, 3.63) is 47.0 Å². The molecule has 0 fully saturated rings. The minimum Gasteiger partial charge on any atom is -0.506 e. The van der Waals surface area contributed by atoms with Crippen LogP contribution in [0.1, 0.15) is 12.5 Å². The summed E-state index contributed by atoms with van der Waals surface area (Å²) in [5, 5.41) is 15.3. The molecule has 0 saturated heterocycles. The van der Waals surface area contributed by atoms with Gasteiger partial charge in [0.1, 0.15) is 5.75 Å². The van der Waals surface area contributed by atoms with Gasteiger partial charge in [-0.05, 0) is 42.8 Å². The van der Waals surface area contributed by atoms with Crippen molar-refractivity contribution in [2.75, 3.05) is 16.4 Å². The van der Waals surface area contributed by atoms with Crippen LogP contribution in [0.2, 0.25) is 5.02 Å². The van der Waals surface area contributed by atoms with Crippen LogP contribution >= 0.6 is 11.6 Å². The van der Waals surface area contributed by atoms with Gasteiger partial charge in [-0.25, -0.2) is 13.2 Å². The molecule has 2 amide bonds. The third kappa shape index (κ3) is 4.18. The average Bonchev–Trinajstić information content (AvgIpc) is 2.53. The Morgan fingerprint density at radius 3 is 2.50 bits per heavy atom. The van der Waals surface area contributed by atoms with E-state index in [1.807, 2.05) is 6.92 Å². The summed E-state index contributed by atoms with van der Waals surface area (Å²) in [5.74, 6) is -0.312. The highest BCUT2D eigenvalue weighted by Crippen LogP contribution is 2.27. The number of amides is 2. The molecule has 0 aliphatic rings. The number of carbonyl (C=O) groups is 1. The van der Waals surface area contributed by atoms with E-state index in [1.54, 1.807) is 18.2 Å². The van der Waals surface area contributed by atoms with Crippen molar-refractivity contribution in [3.8, 4) is 5.75 Å². The van der Waals surface area contributed by atoms with Crippen LogP contribution in [0, 0.1) is 6.92 Å². The van der Waals surface area contributed by atoms with Crippen molar-refractivity contribution in [1.29, 1.82) is 0 Å². The number of hydrogen-bond donors (Lipinski definition) is 3. The number of carbonyl (C=O) groups excluding carboxylic acids is 1. The van der Waals surface area contributed by atoms with Gasteiger partial charge in [-0.15, -0.1) is 0 Å². The van der Waals surface area contributed by atoms with Gasteiger partial charge in [0.05, 0.1) is 16.3 Å². The Balaban J connectivity index is 2.19. The van der Waals surface area contributed by atoms with Gasteiger partial charge >= 0.3 is 6.03 Å². The quantitative estimate of drug-likeness (QED) is 0.715. The zero-order valence-electron chi connectivity index (χ0n) is 13.1. The van der Waals surface area contributed by atoms with E-state index in [-0.39, 0.29) is 22.1 Å². The second kappa shape index (κ2) is 7.11. The standard InChI is InChI=1S/C16H17ClN2O4S/c1-3-24(22,23)12-6-7-15(20)14(9-12)19-16(21)18-11-5-4-10(2)13(17)8-11/h4-9,20H,3H2,1-2H3,(H2,18,19,21). The number of phenolic OH excluding ortho intramolecular Hbond substituents is 1. The Labute approximate surface area is 145 Å². The number of halogens is 1. The van der Waals surface area contributed by atoms with Gasteiger partial charge in [0.15, 0.2) is 9.84 Å². The first-order valence-electron chi connectivity index (χ1n) is 7.13. The number of sulfone groups is 1. The van der Waals surface area contributed by atoms with E-state index in [2.05, 4.69) is 10.6 Å². The number of aryl methyl sites for hydroxylation is 1. The molecule has 0 bridgehead atoms. The molecular formula is C16H17ClN2O4S. The molecule has 0 atom stereocenters. The van der Waals surface area contributed by atoms with Gasteiger partial charge < -0.3 is 15.7 Å². The predicted molar refractivity (Wildman–Crippen MR) is 94.7 cm³/mol. The van der Waals surface area contributed by atoms with Crippen LogP contribution in [0.15, 0.2) is 41.3 Å². The largest absolute Gasteiger partial charge is 0.506 e. The van der Waals surface area contributed by atoms with Crippen LogP contribution in [0.25, 0.3) is 0 Å². The summed E-state index contributed by atoms with van der Waals surface area (Å²) in [6.07, 6.45) is 0. The maximum absolute atomic E-state index is 12.0. The van der Waals surface area contributed by atoms with Gasteiger partial charge in [-0.1, -0.05) is 24.6 Å². The monoisotopic (exact) mass is 368 g/mol. The Kier molecular flexibility index (Phi) is 5.36. The minimum atomic E-state index is -3.44. The van der Waals surface area contributed by atoms with Crippen molar-refractivity contribution in [2.45, 2.75) is 18.7 Å². The summed E-state index contributed by atoms with van der Waals surface area (Å²) in [5.41, 5.74) is 1.35. The van der Waals surface area contributed by atoms with Gasteiger partial charge in [0, 0.05) is 10.7 Å². The Morgan fingerprint density at radius 1 is 1.17 bits per heavy atom. The van der Waals surface area contributed by atoms with Gasteiger partial charge in [-0.3, -0.25) is 0 Å². The maximum atomic E-state index is 12.0. The lowest BCUT2D eigenvalue weighted by atomic mass is 10.2. The van der Waals surface area contributed by atoms with E-state index in [0.717, 1.165) is 5.56 Å². The first-order chi connectivity index (χ1) is 11.2. The van der Waals surface area contributed by atoms with Crippen LogP contribution in [0.5, 0.6) is 5.75 Å². The fourth-order valence-corrected chi connectivity index (χ4v) is 3.02. The SMILES string of the molecule is CCS(=O)(=O)c1ccc(O)c(NC(=O)Nc2ccc(C)c(Cl)c2)c1. The topological polar surface area (TPSA) is 95.5 Å². The molecule has 3 N–H and O–H groups in total. The number of benzene rings is 2. The van der Waals surface area contributed by atoms with Gasteiger partial charge in [0.25, 0.3) is 0 Å². The van der Waals surface area contributed by atoms with E-state index in [9.17, 15) is 18.3 Å². The Hall–Kier alpha value is -2.25. The molecule has 24 heavy (non-hydrogen) atoms. The number of urea groups is 1. The molecule has 0 unspecified atom stereocenters. The van der Waals surface area contributed by atoms with Crippen molar-refractivity contribution in [3.63, 3.8) is 0 Å². The molecule has 0 aromatic heterocycles. The van der Waals surface area contributed by atoms with Gasteiger partial charge in [-0.2, -0.15) is 0 Å². The van der Waals surface area contributed by atoms with Gasteiger partial charge in [0.2, 0.25) is 0 Å². The Morgan fingerprint density at radius 2 is 1.88 bits per heavy atom. The summed E-state index contributed by atoms with van der Waals surface area (Å²) >= 11 is 5.99. The van der Waals surface area contributed by atoms with Crippen LogP contribution in [0.4, 0.5) is 16.2 Å². The van der Waals surface area contributed by atoms with Crippen LogP contribution in [-0.4, -0.2) is 25.3 Å². The highest BCUT2D eigenvalue weighted by atomic mass is 35.5. The fraction of sp³-hybridized carbons (Fsp3) is 0.188. The van der Waals surface area contributed by atoms with Crippen molar-refractivity contribution in [1.82, 2.24) is 0 Å². The summed E-state index contributed by atoms with van der Waals surface area (Å²) in [4.78, 5) is 12.1. The van der Waals surface area contributed by atoms with Crippen LogP contribution in [0.3, 0.4) is 0 Å². The molecule has 2 aromatic rings. The second-order valence-corrected chi connectivity index (χ2v) is 7.81. The number of rotatable bonds is 4. The van der Waals surface area contributed by atoms with E-state index in [1.165, 1.54) is 25.1 Å². The summed E-state index contributed by atoms with van der Waals surface area (Å²) in [6, 6.07) is 8.13. The molecular weight excluding hydrogens is 352 g/mol. The number of aromatic hydroxyl groups is 1. The molecule has 128 valence electrons. The zero-order valence-corrected chi connectivity index (χ0v) is 14.7. The number of nitrogens with one attached hydrogen (secondary N) is 2. The molecule has 0 saturated carbocycles. The van der Waals surface area contributed by atoms with Crippen molar-refractivity contribution >= 4 is 38.8 Å². The molecule has 0 aliphatic carbocycles. The molecule has 2 aromatic carbocycles. The molecule has 0 aliphatic heterocycles. The first kappa shape index (κ1) is 18.1. The minimum absolute atomic E-state index is 0.000216. The van der Waals surface area contributed by atoms with E-state index >= 15 is 0 Å².